The second-order valence-corrected chi connectivity index (χ2v) is 4.05. The number of benzene rings is 1. The summed E-state index contributed by atoms with van der Waals surface area (Å²) in [7, 11) is 0. The smallest absolute Gasteiger partial charge is 0.0729 e. The summed E-state index contributed by atoms with van der Waals surface area (Å²) in [4.78, 5) is 0. The zero-order chi connectivity index (χ0) is 11.5. The second-order valence-electron chi connectivity index (χ2n) is 4.05. The van der Waals surface area contributed by atoms with Crippen molar-refractivity contribution in [3.05, 3.63) is 30.0 Å². The third kappa shape index (κ3) is 1.95. The average Bonchev–Trinajstić information content (AvgIpc) is 2.68. The number of rotatable bonds is 4. The third-order valence-corrected chi connectivity index (χ3v) is 2.93. The SMILES string of the molecule is CCC(O)Cc1nn(CC)c2ccccc12. The van der Waals surface area contributed by atoms with Crippen LogP contribution in [0.15, 0.2) is 24.3 Å². The van der Waals surface area contributed by atoms with E-state index >= 15 is 0 Å². The topological polar surface area (TPSA) is 38.1 Å². The fourth-order valence-electron chi connectivity index (χ4n) is 1.96. The molecule has 1 heterocycles. The molecule has 16 heavy (non-hydrogen) atoms. The Bertz CT molecular complexity index is 476. The van der Waals surface area contributed by atoms with Gasteiger partial charge in [0.05, 0.1) is 17.3 Å². The molecule has 0 fully saturated rings. The van der Waals surface area contributed by atoms with E-state index in [1.54, 1.807) is 0 Å². The Morgan fingerprint density at radius 1 is 1.31 bits per heavy atom. The number of aliphatic hydroxyl groups is 1. The van der Waals surface area contributed by atoms with Gasteiger partial charge in [0.1, 0.15) is 0 Å². The maximum Gasteiger partial charge on any atom is 0.0729 e. The van der Waals surface area contributed by atoms with Crippen molar-refractivity contribution in [2.24, 2.45) is 0 Å². The predicted molar refractivity (Wildman–Crippen MR) is 65.4 cm³/mol. The first kappa shape index (κ1) is 11.1. The van der Waals surface area contributed by atoms with Gasteiger partial charge in [-0.25, -0.2) is 0 Å². The Hall–Kier alpha value is -1.35. The van der Waals surface area contributed by atoms with E-state index < -0.39 is 0 Å². The number of nitrogens with zero attached hydrogens (tertiary/aromatic N) is 2. The lowest BCUT2D eigenvalue weighted by Crippen LogP contribution is -2.09. The van der Waals surface area contributed by atoms with Crippen LogP contribution in [0.1, 0.15) is 26.0 Å². The molecule has 0 aliphatic rings. The Labute approximate surface area is 95.7 Å². The van der Waals surface area contributed by atoms with Gasteiger partial charge in [0.15, 0.2) is 0 Å². The quantitative estimate of drug-likeness (QED) is 0.855. The van der Waals surface area contributed by atoms with E-state index in [2.05, 4.69) is 24.2 Å². The molecule has 86 valence electrons. The summed E-state index contributed by atoms with van der Waals surface area (Å²) < 4.78 is 1.99. The molecule has 3 nitrogen and oxygen atoms in total. The summed E-state index contributed by atoms with van der Waals surface area (Å²) in [6.07, 6.45) is 1.13. The highest BCUT2D eigenvalue weighted by Gasteiger charge is 2.12. The Balaban J connectivity index is 2.45. The highest BCUT2D eigenvalue weighted by molar-refractivity contribution is 5.81. The van der Waals surface area contributed by atoms with Gasteiger partial charge >= 0.3 is 0 Å². The Morgan fingerprint density at radius 3 is 2.75 bits per heavy atom. The minimum absolute atomic E-state index is 0.288. The molecular weight excluding hydrogens is 200 g/mol. The molecule has 1 aromatic carbocycles. The maximum atomic E-state index is 9.70. The zero-order valence-electron chi connectivity index (χ0n) is 9.85. The van der Waals surface area contributed by atoms with Gasteiger partial charge in [-0.3, -0.25) is 4.68 Å². The van der Waals surface area contributed by atoms with Crippen LogP contribution in [0.4, 0.5) is 0 Å². The van der Waals surface area contributed by atoms with Crippen LogP contribution in [0, 0.1) is 0 Å². The van der Waals surface area contributed by atoms with E-state index in [0.29, 0.717) is 6.42 Å². The number of fused-ring (bicyclic) bond motifs is 1. The van der Waals surface area contributed by atoms with Crippen molar-refractivity contribution in [3.63, 3.8) is 0 Å². The van der Waals surface area contributed by atoms with Crippen molar-refractivity contribution in [2.45, 2.75) is 39.3 Å². The molecule has 0 aliphatic heterocycles. The molecule has 0 amide bonds. The number of hydrogen-bond donors (Lipinski definition) is 1. The molecule has 3 heteroatoms. The first-order valence-corrected chi connectivity index (χ1v) is 5.88. The zero-order valence-corrected chi connectivity index (χ0v) is 9.85. The highest BCUT2D eigenvalue weighted by atomic mass is 16.3. The van der Waals surface area contributed by atoms with E-state index in [1.165, 1.54) is 0 Å². The minimum Gasteiger partial charge on any atom is -0.393 e. The van der Waals surface area contributed by atoms with Crippen LogP contribution in [-0.2, 0) is 13.0 Å². The number of para-hydroxylation sites is 1. The molecule has 2 rings (SSSR count). The van der Waals surface area contributed by atoms with Gasteiger partial charge in [-0.2, -0.15) is 5.10 Å². The molecule has 0 aliphatic carbocycles. The molecule has 0 saturated heterocycles. The van der Waals surface area contributed by atoms with Crippen molar-refractivity contribution in [2.75, 3.05) is 0 Å². The monoisotopic (exact) mass is 218 g/mol. The molecule has 0 saturated carbocycles. The Kier molecular flexibility index (Phi) is 3.25. The van der Waals surface area contributed by atoms with E-state index in [4.69, 9.17) is 0 Å². The molecular formula is C13H18N2O. The average molecular weight is 218 g/mol. The number of aromatic nitrogens is 2. The summed E-state index contributed by atoms with van der Waals surface area (Å²) in [6.45, 7) is 4.94. The van der Waals surface area contributed by atoms with Crippen LogP contribution in [0.5, 0.6) is 0 Å². The standard InChI is InChI=1S/C13H18N2O/c1-3-10(16)9-12-11-7-5-6-8-13(11)15(4-2)14-12/h5-8,10,16H,3-4,9H2,1-2H3. The predicted octanol–water partition coefficient (Wildman–Crippen LogP) is 2.37. The minimum atomic E-state index is -0.288. The van der Waals surface area contributed by atoms with Crippen LogP contribution in [0.3, 0.4) is 0 Å². The van der Waals surface area contributed by atoms with E-state index in [0.717, 1.165) is 29.6 Å². The number of hydrogen-bond acceptors (Lipinski definition) is 2. The summed E-state index contributed by atoms with van der Waals surface area (Å²) in [5.74, 6) is 0. The fourth-order valence-corrected chi connectivity index (χ4v) is 1.96. The summed E-state index contributed by atoms with van der Waals surface area (Å²) >= 11 is 0. The first-order chi connectivity index (χ1) is 7.76. The van der Waals surface area contributed by atoms with E-state index in [-0.39, 0.29) is 6.10 Å². The Morgan fingerprint density at radius 2 is 2.06 bits per heavy atom. The molecule has 2 aromatic rings. The largest absolute Gasteiger partial charge is 0.393 e. The number of aliphatic hydroxyl groups excluding tert-OH is 1. The van der Waals surface area contributed by atoms with Gasteiger partial charge in [0.25, 0.3) is 0 Å². The van der Waals surface area contributed by atoms with Gasteiger partial charge in [0.2, 0.25) is 0 Å². The van der Waals surface area contributed by atoms with Crippen LogP contribution in [0.2, 0.25) is 0 Å². The molecule has 0 bridgehead atoms. The fraction of sp³-hybridized carbons (Fsp3) is 0.462. The van der Waals surface area contributed by atoms with Crippen LogP contribution < -0.4 is 0 Å². The van der Waals surface area contributed by atoms with Gasteiger partial charge in [-0.15, -0.1) is 0 Å². The van der Waals surface area contributed by atoms with Crippen molar-refractivity contribution in [1.29, 1.82) is 0 Å². The maximum absolute atomic E-state index is 9.70. The van der Waals surface area contributed by atoms with Crippen molar-refractivity contribution < 1.29 is 5.11 Å². The highest BCUT2D eigenvalue weighted by Crippen LogP contribution is 2.19. The van der Waals surface area contributed by atoms with Crippen molar-refractivity contribution in [3.8, 4) is 0 Å². The molecule has 1 aromatic heterocycles. The van der Waals surface area contributed by atoms with Gasteiger partial charge in [0, 0.05) is 18.4 Å². The number of aryl methyl sites for hydroxylation is 1. The van der Waals surface area contributed by atoms with Crippen molar-refractivity contribution >= 4 is 10.9 Å². The lowest BCUT2D eigenvalue weighted by atomic mass is 10.1. The normalized spacial score (nSPS) is 13.2. The van der Waals surface area contributed by atoms with E-state index in [9.17, 15) is 5.11 Å². The molecule has 1 N–H and O–H groups in total. The molecule has 1 unspecified atom stereocenters. The second kappa shape index (κ2) is 4.66. The van der Waals surface area contributed by atoms with Gasteiger partial charge in [-0.1, -0.05) is 25.1 Å². The molecule has 0 radical (unpaired) electrons. The molecule has 0 spiro atoms. The van der Waals surface area contributed by atoms with Crippen molar-refractivity contribution in [1.82, 2.24) is 9.78 Å². The van der Waals surface area contributed by atoms with Gasteiger partial charge < -0.3 is 5.11 Å². The lowest BCUT2D eigenvalue weighted by Gasteiger charge is -2.04. The summed E-state index contributed by atoms with van der Waals surface area (Å²) in [5, 5.41) is 15.4. The first-order valence-electron chi connectivity index (χ1n) is 5.88. The summed E-state index contributed by atoms with van der Waals surface area (Å²) in [6, 6.07) is 8.20. The summed E-state index contributed by atoms with van der Waals surface area (Å²) in [5.41, 5.74) is 2.16. The molecule has 1 atom stereocenters. The van der Waals surface area contributed by atoms with Crippen LogP contribution in [0.25, 0.3) is 10.9 Å². The lowest BCUT2D eigenvalue weighted by molar-refractivity contribution is 0.169. The van der Waals surface area contributed by atoms with Crippen LogP contribution >= 0.6 is 0 Å². The third-order valence-electron chi connectivity index (χ3n) is 2.93. The van der Waals surface area contributed by atoms with Crippen LogP contribution in [-0.4, -0.2) is 21.0 Å². The van der Waals surface area contributed by atoms with E-state index in [1.807, 2.05) is 23.7 Å². The van der Waals surface area contributed by atoms with Gasteiger partial charge in [-0.05, 0) is 19.4 Å².